The molecule has 0 atom stereocenters. The molecule has 0 fully saturated rings. The largest absolute Gasteiger partial charge is 0.476 e. The lowest BCUT2D eigenvalue weighted by molar-refractivity contribution is -0.170. The zero-order valence-corrected chi connectivity index (χ0v) is 23.6. The lowest BCUT2D eigenvalue weighted by Gasteiger charge is -2.29. The van der Waals surface area contributed by atoms with Crippen LogP contribution in [0.4, 0.5) is 0 Å². The molecule has 0 aliphatic carbocycles. The van der Waals surface area contributed by atoms with Gasteiger partial charge in [0.1, 0.15) is 17.1 Å². The first-order valence-electron chi connectivity index (χ1n) is 12.9. The zero-order valence-electron chi connectivity index (χ0n) is 23.6. The van der Waals surface area contributed by atoms with Crippen molar-refractivity contribution in [3.05, 3.63) is 88.9 Å². The van der Waals surface area contributed by atoms with Crippen molar-refractivity contribution in [3.63, 3.8) is 0 Å². The number of benzene rings is 2. The monoisotopic (exact) mass is 520 g/mol. The third kappa shape index (κ3) is 9.06. The second-order valence-corrected chi connectivity index (χ2v) is 11.2. The van der Waals surface area contributed by atoms with Crippen LogP contribution in [0, 0.1) is 13.8 Å². The summed E-state index contributed by atoms with van der Waals surface area (Å²) in [5.74, 6) is 0.862. The van der Waals surface area contributed by atoms with Crippen LogP contribution in [-0.4, -0.2) is 34.5 Å². The van der Waals surface area contributed by atoms with Gasteiger partial charge in [-0.05, 0) is 89.4 Å². The van der Waals surface area contributed by atoms with Gasteiger partial charge in [0.2, 0.25) is 5.91 Å². The summed E-state index contributed by atoms with van der Waals surface area (Å²) in [5.41, 5.74) is 2.74. The molecule has 3 aromatic rings. The number of furan rings is 1. The van der Waals surface area contributed by atoms with Gasteiger partial charge >= 0.3 is 5.97 Å². The van der Waals surface area contributed by atoms with E-state index in [0.717, 1.165) is 22.5 Å². The Bertz CT molecular complexity index is 1210. The third-order valence-electron chi connectivity index (χ3n) is 5.89. The molecule has 7 nitrogen and oxygen atoms in total. The molecule has 0 saturated heterocycles. The number of hydrogen-bond donors (Lipinski definition) is 1. The molecule has 0 aliphatic rings. The molecule has 7 heteroatoms. The Kier molecular flexibility index (Phi) is 9.39. The van der Waals surface area contributed by atoms with Crippen molar-refractivity contribution in [2.24, 2.45) is 0 Å². The van der Waals surface area contributed by atoms with Crippen molar-refractivity contribution in [1.82, 2.24) is 10.2 Å². The van der Waals surface area contributed by atoms with Crippen LogP contribution in [0.15, 0.2) is 65.3 Å². The maximum absolute atomic E-state index is 12.9. The maximum atomic E-state index is 12.9. The number of ether oxygens (including phenoxy) is 2. The summed E-state index contributed by atoms with van der Waals surface area (Å²) in [6.07, 6.45) is 1.63. The van der Waals surface area contributed by atoms with Crippen LogP contribution in [0.1, 0.15) is 62.6 Å². The van der Waals surface area contributed by atoms with E-state index in [9.17, 15) is 9.59 Å². The Balaban J connectivity index is 1.63. The molecule has 1 heterocycles. The van der Waals surface area contributed by atoms with E-state index in [0.29, 0.717) is 25.4 Å². The number of hydrogen-bond acceptors (Lipinski definition) is 6. The maximum Gasteiger partial charge on any atom is 0.350 e. The Hall–Kier alpha value is -3.58. The van der Waals surface area contributed by atoms with Crippen LogP contribution in [0.5, 0.6) is 5.75 Å². The summed E-state index contributed by atoms with van der Waals surface area (Å²) in [6, 6.07) is 17.5. The molecule has 0 bridgehead atoms. The Morgan fingerprint density at radius 3 is 2.26 bits per heavy atom. The zero-order chi connectivity index (χ0) is 27.9. The fraction of sp³-hybridized carbons (Fsp3) is 0.419. The molecule has 0 saturated carbocycles. The number of nitrogens with one attached hydrogen (secondary N) is 1. The summed E-state index contributed by atoms with van der Waals surface area (Å²) in [7, 11) is 0. The molecule has 3 rings (SSSR count). The van der Waals surface area contributed by atoms with E-state index in [-0.39, 0.29) is 12.5 Å². The van der Waals surface area contributed by atoms with Crippen LogP contribution >= 0.6 is 0 Å². The Morgan fingerprint density at radius 1 is 0.947 bits per heavy atom. The number of esters is 1. The van der Waals surface area contributed by atoms with E-state index in [1.807, 2.05) is 62.1 Å². The quantitative estimate of drug-likeness (QED) is 0.326. The van der Waals surface area contributed by atoms with Gasteiger partial charge in [-0.15, -0.1) is 0 Å². The van der Waals surface area contributed by atoms with Gasteiger partial charge in [0, 0.05) is 13.1 Å². The van der Waals surface area contributed by atoms with E-state index < -0.39 is 17.2 Å². The average molecular weight is 521 g/mol. The van der Waals surface area contributed by atoms with Crippen molar-refractivity contribution >= 4 is 11.9 Å². The number of aryl methyl sites for hydroxylation is 2. The minimum absolute atomic E-state index is 0.0596. The molecule has 2 aromatic carbocycles. The topological polar surface area (TPSA) is 81.0 Å². The number of carbonyl (C=O) groups is 2. The van der Waals surface area contributed by atoms with E-state index in [1.54, 1.807) is 20.1 Å². The van der Waals surface area contributed by atoms with Gasteiger partial charge in [0.15, 0.2) is 5.60 Å². The van der Waals surface area contributed by atoms with Crippen LogP contribution in [0.2, 0.25) is 0 Å². The highest BCUT2D eigenvalue weighted by Gasteiger charge is 2.34. The van der Waals surface area contributed by atoms with Gasteiger partial charge in [-0.3, -0.25) is 9.69 Å². The first kappa shape index (κ1) is 29.0. The fourth-order valence-electron chi connectivity index (χ4n) is 3.95. The molecular weight excluding hydrogens is 480 g/mol. The van der Waals surface area contributed by atoms with E-state index in [4.69, 9.17) is 13.9 Å². The normalized spacial score (nSPS) is 11.9. The molecule has 1 aromatic heterocycles. The van der Waals surface area contributed by atoms with Crippen LogP contribution < -0.4 is 10.1 Å². The smallest absolute Gasteiger partial charge is 0.350 e. The van der Waals surface area contributed by atoms with Crippen molar-refractivity contribution in [2.75, 3.05) is 6.54 Å². The molecular formula is C31H40N2O5. The molecule has 38 heavy (non-hydrogen) atoms. The molecule has 0 radical (unpaired) electrons. The first-order chi connectivity index (χ1) is 17.8. The second kappa shape index (κ2) is 12.3. The van der Waals surface area contributed by atoms with Crippen LogP contribution in [0.3, 0.4) is 0 Å². The predicted molar refractivity (Wildman–Crippen MR) is 148 cm³/mol. The van der Waals surface area contributed by atoms with Crippen molar-refractivity contribution < 1.29 is 23.5 Å². The van der Waals surface area contributed by atoms with E-state index >= 15 is 0 Å². The summed E-state index contributed by atoms with van der Waals surface area (Å²) in [4.78, 5) is 27.4. The van der Waals surface area contributed by atoms with Gasteiger partial charge < -0.3 is 19.2 Å². The SMILES string of the molecule is Cc1ccc(CNC(=O)CN(Cc2ccc(OC(C)(C)C(=O)OC(C)(C)C)cc2)Cc2ccco2)c(C)c1. The lowest BCUT2D eigenvalue weighted by Crippen LogP contribution is -2.43. The molecule has 1 N–H and O–H groups in total. The average Bonchev–Trinajstić information content (AvgIpc) is 3.31. The van der Waals surface area contributed by atoms with E-state index in [2.05, 4.69) is 37.4 Å². The number of nitrogens with zero attached hydrogens (tertiary/aromatic N) is 1. The second-order valence-electron chi connectivity index (χ2n) is 11.2. The Morgan fingerprint density at radius 2 is 1.66 bits per heavy atom. The summed E-state index contributed by atoms with van der Waals surface area (Å²) < 4.78 is 17.0. The minimum Gasteiger partial charge on any atom is -0.476 e. The summed E-state index contributed by atoms with van der Waals surface area (Å²) in [6.45, 7) is 14.7. The van der Waals surface area contributed by atoms with Crippen molar-refractivity contribution in [3.8, 4) is 5.75 Å². The highest BCUT2D eigenvalue weighted by Crippen LogP contribution is 2.23. The van der Waals surface area contributed by atoms with Gasteiger partial charge in [-0.2, -0.15) is 0 Å². The number of carbonyl (C=O) groups excluding carboxylic acids is 2. The van der Waals surface area contributed by atoms with Gasteiger partial charge in [-0.25, -0.2) is 4.79 Å². The molecule has 204 valence electrons. The highest BCUT2D eigenvalue weighted by atomic mass is 16.6. The first-order valence-corrected chi connectivity index (χ1v) is 12.9. The highest BCUT2D eigenvalue weighted by molar-refractivity contribution is 5.79. The van der Waals surface area contributed by atoms with Crippen LogP contribution in [-0.2, 0) is 34.0 Å². The van der Waals surface area contributed by atoms with Gasteiger partial charge in [0.25, 0.3) is 0 Å². The lowest BCUT2D eigenvalue weighted by atomic mass is 10.1. The van der Waals surface area contributed by atoms with Gasteiger partial charge in [-0.1, -0.05) is 35.9 Å². The molecule has 0 aliphatic heterocycles. The third-order valence-corrected chi connectivity index (χ3v) is 5.89. The van der Waals surface area contributed by atoms with Gasteiger partial charge in [0.05, 0.1) is 19.4 Å². The van der Waals surface area contributed by atoms with Crippen LogP contribution in [0.25, 0.3) is 0 Å². The van der Waals surface area contributed by atoms with E-state index in [1.165, 1.54) is 5.56 Å². The predicted octanol–water partition coefficient (Wildman–Crippen LogP) is 5.71. The molecule has 1 amide bonds. The molecule has 0 spiro atoms. The fourth-order valence-corrected chi connectivity index (χ4v) is 3.95. The molecule has 0 unspecified atom stereocenters. The standard InChI is InChI=1S/C31H40N2O5/c1-22-10-13-25(23(2)17-22)18-32-28(34)21-33(20-27-9-8-16-36-27)19-24-11-14-26(15-12-24)37-31(6,7)29(35)38-30(3,4)5/h8-17H,18-21H2,1-7H3,(H,32,34). The number of rotatable bonds is 11. The van der Waals surface area contributed by atoms with Crippen molar-refractivity contribution in [2.45, 2.75) is 79.3 Å². The summed E-state index contributed by atoms with van der Waals surface area (Å²) in [5, 5.41) is 3.04. The Labute approximate surface area is 226 Å². The number of amides is 1. The summed E-state index contributed by atoms with van der Waals surface area (Å²) >= 11 is 0. The minimum atomic E-state index is -1.13. The van der Waals surface area contributed by atoms with Crippen molar-refractivity contribution in [1.29, 1.82) is 0 Å².